The number of carbonyl (C=O) groups is 3. The standard InChI is InChI=1S/C25H23N5O4S/c1-34-17-9-7-8-16(14-17)20-15-35-25-27-24(28-30(20)25)26-21(31)12-3-2-6-13-29-22(32)18-10-4-5-11-19(18)23(29)33/h4-5,7-11,14-15H,2-3,6,12-13H2,1H3,(H,26,28,31). The van der Waals surface area contributed by atoms with Crippen LogP contribution in [0.15, 0.2) is 53.9 Å². The van der Waals surface area contributed by atoms with Crippen molar-refractivity contribution in [2.24, 2.45) is 0 Å². The van der Waals surface area contributed by atoms with E-state index in [0.717, 1.165) is 17.0 Å². The lowest BCUT2D eigenvalue weighted by Gasteiger charge is -2.13. The number of ether oxygens (including phenoxy) is 1. The number of unbranched alkanes of at least 4 members (excludes halogenated alkanes) is 2. The van der Waals surface area contributed by atoms with Crippen molar-refractivity contribution in [2.75, 3.05) is 19.0 Å². The van der Waals surface area contributed by atoms with Gasteiger partial charge in [-0.1, -0.05) is 30.7 Å². The average molecular weight is 490 g/mol. The van der Waals surface area contributed by atoms with Crippen molar-refractivity contribution < 1.29 is 19.1 Å². The Labute approximate surface area is 205 Å². The van der Waals surface area contributed by atoms with Crippen molar-refractivity contribution in [3.05, 3.63) is 65.0 Å². The summed E-state index contributed by atoms with van der Waals surface area (Å²) in [7, 11) is 1.62. The van der Waals surface area contributed by atoms with E-state index in [1.165, 1.54) is 16.2 Å². The first kappa shape index (κ1) is 22.7. The predicted molar refractivity (Wildman–Crippen MR) is 132 cm³/mol. The van der Waals surface area contributed by atoms with Gasteiger partial charge in [0.2, 0.25) is 16.8 Å². The fourth-order valence-corrected chi connectivity index (χ4v) is 4.91. The fraction of sp³-hybridized carbons (Fsp3) is 0.240. The molecule has 3 amide bonds. The highest BCUT2D eigenvalue weighted by Crippen LogP contribution is 2.28. The van der Waals surface area contributed by atoms with Crippen molar-refractivity contribution in [3.63, 3.8) is 0 Å². The van der Waals surface area contributed by atoms with E-state index in [9.17, 15) is 14.4 Å². The lowest BCUT2D eigenvalue weighted by molar-refractivity contribution is -0.116. The Morgan fingerprint density at radius 1 is 1.03 bits per heavy atom. The zero-order valence-corrected chi connectivity index (χ0v) is 19.9. The molecule has 4 aromatic rings. The minimum absolute atomic E-state index is 0.174. The van der Waals surface area contributed by atoms with Crippen molar-refractivity contribution >= 4 is 40.0 Å². The highest BCUT2D eigenvalue weighted by Gasteiger charge is 2.34. The summed E-state index contributed by atoms with van der Waals surface area (Å²) in [5.41, 5.74) is 2.72. The summed E-state index contributed by atoms with van der Waals surface area (Å²) in [6, 6.07) is 14.5. The number of carbonyl (C=O) groups excluding carboxylic acids is 3. The van der Waals surface area contributed by atoms with Gasteiger partial charge in [0.05, 0.1) is 23.9 Å². The number of nitrogens with one attached hydrogen (secondary N) is 1. The molecule has 0 atom stereocenters. The van der Waals surface area contributed by atoms with E-state index in [4.69, 9.17) is 4.74 Å². The minimum Gasteiger partial charge on any atom is -0.497 e. The molecule has 178 valence electrons. The third-order valence-electron chi connectivity index (χ3n) is 5.86. The van der Waals surface area contributed by atoms with Crippen LogP contribution in [0.2, 0.25) is 0 Å². The average Bonchev–Trinajstić information content (AvgIpc) is 3.52. The van der Waals surface area contributed by atoms with Crippen LogP contribution in [-0.4, -0.2) is 50.9 Å². The molecule has 2 aromatic carbocycles. The smallest absolute Gasteiger partial charge is 0.261 e. The zero-order chi connectivity index (χ0) is 24.4. The van der Waals surface area contributed by atoms with Crippen LogP contribution < -0.4 is 10.1 Å². The number of benzene rings is 2. The number of hydrogen-bond donors (Lipinski definition) is 1. The van der Waals surface area contributed by atoms with Crippen LogP contribution in [0.1, 0.15) is 46.4 Å². The van der Waals surface area contributed by atoms with Gasteiger partial charge in [-0.15, -0.1) is 16.4 Å². The van der Waals surface area contributed by atoms with E-state index >= 15 is 0 Å². The highest BCUT2D eigenvalue weighted by atomic mass is 32.1. The second kappa shape index (κ2) is 9.67. The van der Waals surface area contributed by atoms with Crippen LogP contribution in [0.3, 0.4) is 0 Å². The Morgan fingerprint density at radius 2 is 1.80 bits per heavy atom. The lowest BCUT2D eigenvalue weighted by Crippen LogP contribution is -2.30. The van der Waals surface area contributed by atoms with Crippen molar-refractivity contribution in [1.29, 1.82) is 0 Å². The quantitative estimate of drug-likeness (QED) is 0.278. The molecule has 0 radical (unpaired) electrons. The van der Waals surface area contributed by atoms with Gasteiger partial charge < -0.3 is 4.74 Å². The molecule has 0 fully saturated rings. The first-order chi connectivity index (χ1) is 17.0. The summed E-state index contributed by atoms with van der Waals surface area (Å²) in [4.78, 5) is 43.6. The molecule has 35 heavy (non-hydrogen) atoms. The number of fused-ring (bicyclic) bond motifs is 2. The van der Waals surface area contributed by atoms with Gasteiger partial charge >= 0.3 is 0 Å². The van der Waals surface area contributed by atoms with Crippen LogP contribution in [0.5, 0.6) is 5.75 Å². The van der Waals surface area contributed by atoms with E-state index in [1.54, 1.807) is 35.9 Å². The largest absolute Gasteiger partial charge is 0.497 e. The third kappa shape index (κ3) is 4.52. The Kier molecular flexibility index (Phi) is 6.28. The van der Waals surface area contributed by atoms with Crippen LogP contribution in [0.4, 0.5) is 5.95 Å². The number of anilines is 1. The van der Waals surface area contributed by atoms with Crippen LogP contribution in [-0.2, 0) is 4.79 Å². The van der Waals surface area contributed by atoms with Gasteiger partial charge in [0.15, 0.2) is 0 Å². The Bertz CT molecular complexity index is 1390. The minimum atomic E-state index is -0.248. The molecule has 2 aromatic heterocycles. The van der Waals surface area contributed by atoms with Crippen LogP contribution in [0.25, 0.3) is 16.2 Å². The maximum atomic E-state index is 12.4. The summed E-state index contributed by atoms with van der Waals surface area (Å²) in [5, 5.41) is 9.16. The van der Waals surface area contributed by atoms with E-state index in [0.29, 0.717) is 48.3 Å². The number of nitrogens with zero attached hydrogens (tertiary/aromatic N) is 4. The van der Waals surface area contributed by atoms with E-state index in [2.05, 4.69) is 15.4 Å². The number of hydrogen-bond acceptors (Lipinski definition) is 7. The number of imide groups is 1. The first-order valence-electron chi connectivity index (χ1n) is 11.3. The molecule has 0 aliphatic carbocycles. The van der Waals surface area contributed by atoms with E-state index in [1.807, 2.05) is 29.6 Å². The molecule has 0 spiro atoms. The summed E-state index contributed by atoms with van der Waals surface area (Å²) in [6.45, 7) is 0.347. The van der Waals surface area contributed by atoms with E-state index < -0.39 is 0 Å². The molecule has 5 rings (SSSR count). The van der Waals surface area contributed by atoms with Gasteiger partial charge in [0, 0.05) is 23.9 Å². The zero-order valence-electron chi connectivity index (χ0n) is 19.1. The first-order valence-corrected chi connectivity index (χ1v) is 12.2. The van der Waals surface area contributed by atoms with Gasteiger partial charge in [-0.25, -0.2) is 4.52 Å². The maximum absolute atomic E-state index is 12.4. The normalized spacial score (nSPS) is 12.9. The molecular formula is C25H23N5O4S. The van der Waals surface area contributed by atoms with E-state index in [-0.39, 0.29) is 23.7 Å². The monoisotopic (exact) mass is 489 g/mol. The number of thiazole rings is 1. The van der Waals surface area contributed by atoms with Crippen LogP contribution >= 0.6 is 11.3 Å². The number of methoxy groups -OCH3 is 1. The molecule has 9 nitrogen and oxygen atoms in total. The highest BCUT2D eigenvalue weighted by molar-refractivity contribution is 7.15. The fourth-order valence-electron chi connectivity index (χ4n) is 4.08. The van der Waals surface area contributed by atoms with Gasteiger partial charge in [-0.05, 0) is 37.1 Å². The Balaban J connectivity index is 1.11. The topological polar surface area (TPSA) is 106 Å². The van der Waals surface area contributed by atoms with Gasteiger partial charge in [-0.2, -0.15) is 4.98 Å². The summed E-state index contributed by atoms with van der Waals surface area (Å²) >= 11 is 1.44. The second-order valence-corrected chi connectivity index (χ2v) is 8.99. The molecule has 1 aliphatic rings. The van der Waals surface area contributed by atoms with Crippen LogP contribution in [0, 0.1) is 0 Å². The molecule has 10 heteroatoms. The van der Waals surface area contributed by atoms with Gasteiger partial charge in [0.25, 0.3) is 11.8 Å². The molecule has 3 heterocycles. The maximum Gasteiger partial charge on any atom is 0.261 e. The molecule has 1 N–H and O–H groups in total. The second-order valence-electron chi connectivity index (χ2n) is 8.15. The predicted octanol–water partition coefficient (Wildman–Crippen LogP) is 4.26. The molecule has 1 aliphatic heterocycles. The lowest BCUT2D eigenvalue weighted by atomic mass is 10.1. The van der Waals surface area contributed by atoms with Crippen molar-refractivity contribution in [2.45, 2.75) is 25.7 Å². The Morgan fingerprint density at radius 3 is 2.54 bits per heavy atom. The molecule has 0 unspecified atom stereocenters. The van der Waals surface area contributed by atoms with Crippen molar-refractivity contribution in [3.8, 4) is 17.0 Å². The van der Waals surface area contributed by atoms with Gasteiger partial charge in [-0.3, -0.25) is 24.6 Å². The van der Waals surface area contributed by atoms with Crippen molar-refractivity contribution in [1.82, 2.24) is 19.5 Å². The Hall–Kier alpha value is -4.05. The number of amides is 3. The van der Waals surface area contributed by atoms with Gasteiger partial charge in [0.1, 0.15) is 5.75 Å². The molecular weight excluding hydrogens is 466 g/mol. The molecule has 0 saturated carbocycles. The summed E-state index contributed by atoms with van der Waals surface area (Å²) in [5.74, 6) is 0.340. The summed E-state index contributed by atoms with van der Waals surface area (Å²) < 4.78 is 7.00. The molecule has 0 bridgehead atoms. The number of aromatic nitrogens is 3. The summed E-state index contributed by atoms with van der Waals surface area (Å²) in [6.07, 6.45) is 2.29. The third-order valence-corrected chi connectivity index (χ3v) is 6.68. The number of rotatable bonds is 9. The SMILES string of the molecule is COc1cccc(-c2csc3nc(NC(=O)CCCCCN4C(=O)c5ccccc5C4=O)nn23)c1. The molecule has 0 saturated heterocycles.